The van der Waals surface area contributed by atoms with E-state index in [2.05, 4.69) is 10.2 Å². The average Bonchev–Trinajstić information content (AvgIpc) is 2.37. The first kappa shape index (κ1) is 14.2. The number of nitrogens with zero attached hydrogens (tertiary/aromatic N) is 3. The summed E-state index contributed by atoms with van der Waals surface area (Å²) >= 11 is 0. The van der Waals surface area contributed by atoms with Gasteiger partial charge in [0.25, 0.3) is 0 Å². The highest BCUT2D eigenvalue weighted by Crippen LogP contribution is 2.33. The van der Waals surface area contributed by atoms with Gasteiger partial charge in [-0.05, 0) is 6.07 Å². The zero-order chi connectivity index (χ0) is 14.4. The molecule has 0 aliphatic rings. The van der Waals surface area contributed by atoms with Crippen LogP contribution in [0.4, 0.5) is 5.69 Å². The van der Waals surface area contributed by atoms with Gasteiger partial charge in [0, 0.05) is 5.56 Å². The number of rotatable bonds is 5. The molecule has 1 rings (SSSR count). The van der Waals surface area contributed by atoms with Crippen molar-refractivity contribution in [1.82, 2.24) is 0 Å². The van der Waals surface area contributed by atoms with Crippen LogP contribution in [0.25, 0.3) is 0 Å². The first-order chi connectivity index (χ1) is 8.99. The fraction of sp³-hybridized carbons (Fsp3) is 0.200. The zero-order valence-electron chi connectivity index (χ0n) is 10.4. The summed E-state index contributed by atoms with van der Waals surface area (Å²) in [7, 11) is 2.70. The Labute approximate surface area is 108 Å². The highest BCUT2D eigenvalue weighted by molar-refractivity contribution is 5.86. The largest absolute Gasteiger partial charge is 0.496 e. The summed E-state index contributed by atoms with van der Waals surface area (Å²) in [6, 6.07) is 2.64. The molecule has 1 aromatic carbocycles. The summed E-state index contributed by atoms with van der Waals surface area (Å²) in [6.45, 7) is 0. The van der Waals surface area contributed by atoms with Gasteiger partial charge >= 0.3 is 5.69 Å². The fourth-order valence-corrected chi connectivity index (χ4v) is 1.31. The Morgan fingerprint density at radius 3 is 2.42 bits per heavy atom. The molecule has 1 aromatic rings. The molecule has 0 aromatic heterocycles. The van der Waals surface area contributed by atoms with E-state index in [1.807, 2.05) is 0 Å². The van der Waals surface area contributed by atoms with E-state index < -0.39 is 4.92 Å². The quantitative estimate of drug-likeness (QED) is 0.338. The number of guanidine groups is 1. The first-order valence-corrected chi connectivity index (χ1v) is 5.02. The molecule has 102 valence electrons. The van der Waals surface area contributed by atoms with Crippen LogP contribution in [-0.4, -0.2) is 31.3 Å². The summed E-state index contributed by atoms with van der Waals surface area (Å²) in [5.74, 6) is 0.128. The van der Waals surface area contributed by atoms with Gasteiger partial charge in [-0.3, -0.25) is 10.1 Å². The van der Waals surface area contributed by atoms with Crippen LogP contribution in [0, 0.1) is 10.1 Å². The molecule has 0 radical (unpaired) electrons. The minimum atomic E-state index is -0.571. The van der Waals surface area contributed by atoms with E-state index in [1.165, 1.54) is 32.6 Å². The van der Waals surface area contributed by atoms with E-state index in [1.54, 1.807) is 0 Å². The Morgan fingerprint density at radius 1 is 1.32 bits per heavy atom. The van der Waals surface area contributed by atoms with Crippen molar-refractivity contribution in [2.45, 2.75) is 0 Å². The topological polar surface area (TPSA) is 138 Å². The molecule has 0 atom stereocenters. The lowest BCUT2D eigenvalue weighted by Gasteiger charge is -2.07. The summed E-state index contributed by atoms with van der Waals surface area (Å²) in [6.07, 6.45) is 1.30. The molecule has 19 heavy (non-hydrogen) atoms. The van der Waals surface area contributed by atoms with Gasteiger partial charge in [0.05, 0.1) is 31.4 Å². The molecule has 0 unspecified atom stereocenters. The number of hydrogen-bond donors (Lipinski definition) is 2. The maximum atomic E-state index is 10.8. The molecular formula is C10H13N5O4. The Morgan fingerprint density at radius 2 is 1.95 bits per heavy atom. The second-order valence-electron chi connectivity index (χ2n) is 3.29. The third-order valence-corrected chi connectivity index (χ3v) is 2.10. The minimum Gasteiger partial charge on any atom is -0.496 e. The number of hydrogen-bond acceptors (Lipinski definition) is 6. The lowest BCUT2D eigenvalue weighted by Crippen LogP contribution is -2.21. The number of nitro benzene ring substituents is 1. The van der Waals surface area contributed by atoms with Gasteiger partial charge in [-0.1, -0.05) is 0 Å². The second kappa shape index (κ2) is 6.19. The van der Waals surface area contributed by atoms with Gasteiger partial charge in [0.15, 0.2) is 5.75 Å². The Hall–Kier alpha value is -2.84. The predicted octanol–water partition coefficient (Wildman–Crippen LogP) is 0.219. The van der Waals surface area contributed by atoms with Gasteiger partial charge in [-0.25, -0.2) is 0 Å². The maximum Gasteiger partial charge on any atom is 0.314 e. The predicted molar refractivity (Wildman–Crippen MR) is 69.6 cm³/mol. The van der Waals surface area contributed by atoms with Crippen LogP contribution < -0.4 is 20.9 Å². The summed E-state index contributed by atoms with van der Waals surface area (Å²) < 4.78 is 9.96. The fourth-order valence-electron chi connectivity index (χ4n) is 1.31. The van der Waals surface area contributed by atoms with Crippen molar-refractivity contribution >= 4 is 17.9 Å². The summed E-state index contributed by atoms with van der Waals surface area (Å²) in [5.41, 5.74) is 10.5. The lowest BCUT2D eigenvalue weighted by atomic mass is 10.2. The van der Waals surface area contributed by atoms with Crippen molar-refractivity contribution in [3.8, 4) is 11.5 Å². The number of methoxy groups -OCH3 is 2. The van der Waals surface area contributed by atoms with Gasteiger partial charge in [-0.2, -0.15) is 5.10 Å². The zero-order valence-corrected chi connectivity index (χ0v) is 10.4. The van der Waals surface area contributed by atoms with Crippen molar-refractivity contribution in [3.63, 3.8) is 0 Å². The third-order valence-electron chi connectivity index (χ3n) is 2.10. The molecule has 0 heterocycles. The number of nitrogens with two attached hydrogens (primary N) is 2. The minimum absolute atomic E-state index is 0.0805. The van der Waals surface area contributed by atoms with Gasteiger partial charge in [0.1, 0.15) is 5.75 Å². The van der Waals surface area contributed by atoms with E-state index in [0.29, 0.717) is 5.56 Å². The summed E-state index contributed by atoms with van der Waals surface area (Å²) in [4.78, 5) is 10.3. The highest BCUT2D eigenvalue weighted by atomic mass is 16.6. The van der Waals surface area contributed by atoms with Crippen molar-refractivity contribution in [2.75, 3.05) is 14.2 Å². The lowest BCUT2D eigenvalue weighted by molar-refractivity contribution is -0.385. The SMILES string of the molecule is COc1cc([N+](=O)[O-])c(OC)cc1C=NN=C(N)N. The normalized spacial score (nSPS) is 10.2. The Kier molecular flexibility index (Phi) is 4.63. The summed E-state index contributed by atoms with van der Waals surface area (Å²) in [5, 5.41) is 17.9. The Balaban J connectivity index is 3.28. The smallest absolute Gasteiger partial charge is 0.314 e. The molecule has 0 aliphatic carbocycles. The first-order valence-electron chi connectivity index (χ1n) is 5.02. The molecule has 0 fully saturated rings. The van der Waals surface area contributed by atoms with E-state index >= 15 is 0 Å². The van der Waals surface area contributed by atoms with Crippen molar-refractivity contribution in [2.24, 2.45) is 21.7 Å². The Bertz CT molecular complexity index is 537. The molecular weight excluding hydrogens is 254 g/mol. The van der Waals surface area contributed by atoms with Crippen molar-refractivity contribution in [3.05, 3.63) is 27.8 Å². The molecule has 0 saturated carbocycles. The maximum absolute atomic E-state index is 10.8. The van der Waals surface area contributed by atoms with Gasteiger partial charge in [-0.15, -0.1) is 5.10 Å². The van der Waals surface area contributed by atoms with Crippen LogP contribution in [0.3, 0.4) is 0 Å². The third kappa shape index (κ3) is 3.56. The van der Waals surface area contributed by atoms with E-state index in [4.69, 9.17) is 20.9 Å². The van der Waals surface area contributed by atoms with Gasteiger partial charge < -0.3 is 20.9 Å². The highest BCUT2D eigenvalue weighted by Gasteiger charge is 2.18. The van der Waals surface area contributed by atoms with Crippen molar-refractivity contribution in [1.29, 1.82) is 0 Å². The van der Waals surface area contributed by atoms with Crippen LogP contribution in [0.2, 0.25) is 0 Å². The average molecular weight is 267 g/mol. The van der Waals surface area contributed by atoms with Crippen LogP contribution >= 0.6 is 0 Å². The molecule has 9 heteroatoms. The molecule has 9 nitrogen and oxygen atoms in total. The van der Waals surface area contributed by atoms with Gasteiger partial charge in [0.2, 0.25) is 5.96 Å². The monoisotopic (exact) mass is 267 g/mol. The molecule has 0 saturated heterocycles. The van der Waals surface area contributed by atoms with E-state index in [-0.39, 0.29) is 23.1 Å². The number of benzene rings is 1. The standard InChI is InChI=1S/C10H13N5O4/c1-18-8-4-7(15(16)17)9(19-2)3-6(8)5-13-14-10(11)12/h3-5H,1-2H3,(H4,11,12,14). The molecule has 0 spiro atoms. The second-order valence-corrected chi connectivity index (χ2v) is 3.29. The number of nitro groups is 1. The molecule has 0 aliphatic heterocycles. The van der Waals surface area contributed by atoms with Crippen molar-refractivity contribution < 1.29 is 14.4 Å². The molecule has 4 N–H and O–H groups in total. The van der Waals surface area contributed by atoms with Crippen LogP contribution in [0.5, 0.6) is 11.5 Å². The van der Waals surface area contributed by atoms with Crippen LogP contribution in [-0.2, 0) is 0 Å². The number of ether oxygens (including phenoxy) is 2. The van der Waals surface area contributed by atoms with E-state index in [9.17, 15) is 10.1 Å². The van der Waals surface area contributed by atoms with Crippen LogP contribution in [0.15, 0.2) is 22.3 Å². The molecule has 0 bridgehead atoms. The molecule has 0 amide bonds. The van der Waals surface area contributed by atoms with E-state index in [0.717, 1.165) is 0 Å². The van der Waals surface area contributed by atoms with Crippen LogP contribution in [0.1, 0.15) is 5.56 Å².